The van der Waals surface area contributed by atoms with Crippen LogP contribution in [-0.2, 0) is 0 Å². The van der Waals surface area contributed by atoms with E-state index in [0.29, 0.717) is 5.75 Å². The van der Waals surface area contributed by atoms with Crippen molar-refractivity contribution in [3.05, 3.63) is 21.3 Å². The second kappa shape index (κ2) is 4.57. The number of hydrogen-bond donors (Lipinski definition) is 2. The minimum Gasteiger partial charge on any atom is -0.507 e. The highest BCUT2D eigenvalue weighted by Crippen LogP contribution is 2.29. The van der Waals surface area contributed by atoms with Crippen LogP contribution in [0.15, 0.2) is 12.1 Å². The van der Waals surface area contributed by atoms with Gasteiger partial charge in [-0.25, -0.2) is 0 Å². The van der Waals surface area contributed by atoms with E-state index < -0.39 is 0 Å². The van der Waals surface area contributed by atoms with Crippen LogP contribution in [0.1, 0.15) is 5.56 Å². The fourth-order valence-electron chi connectivity index (χ4n) is 1.82. The van der Waals surface area contributed by atoms with Gasteiger partial charge < -0.3 is 15.3 Å². The first-order valence-corrected chi connectivity index (χ1v) is 6.21. The molecule has 1 aliphatic heterocycles. The second-order valence-electron chi connectivity index (χ2n) is 3.83. The lowest BCUT2D eigenvalue weighted by Crippen LogP contribution is -2.43. The molecular formula is C11H15IN2O. The molecule has 0 amide bonds. The van der Waals surface area contributed by atoms with Gasteiger partial charge in [0.25, 0.3) is 0 Å². The predicted molar refractivity (Wildman–Crippen MR) is 70.6 cm³/mol. The molecule has 0 unspecified atom stereocenters. The number of nitrogens with one attached hydrogen (secondary N) is 1. The molecule has 0 spiro atoms. The molecule has 15 heavy (non-hydrogen) atoms. The van der Waals surface area contributed by atoms with Gasteiger partial charge in [-0.15, -0.1) is 0 Å². The highest BCUT2D eigenvalue weighted by atomic mass is 127. The van der Waals surface area contributed by atoms with Crippen molar-refractivity contribution < 1.29 is 5.11 Å². The Bertz CT molecular complexity index is 339. The van der Waals surface area contributed by atoms with Crippen molar-refractivity contribution in [2.75, 3.05) is 31.1 Å². The minimum absolute atomic E-state index is 0.412. The molecule has 1 aliphatic rings. The lowest BCUT2D eigenvalue weighted by molar-refractivity contribution is 0.467. The number of rotatable bonds is 1. The zero-order chi connectivity index (χ0) is 10.8. The molecule has 0 radical (unpaired) electrons. The molecule has 0 aliphatic carbocycles. The van der Waals surface area contributed by atoms with E-state index in [1.165, 1.54) is 5.69 Å². The van der Waals surface area contributed by atoms with Crippen LogP contribution in [0, 0.1) is 10.5 Å². The number of halogens is 1. The molecule has 2 N–H and O–H groups in total. The van der Waals surface area contributed by atoms with Crippen LogP contribution in [0.5, 0.6) is 5.75 Å². The molecule has 3 nitrogen and oxygen atoms in total. The fourth-order valence-corrected chi connectivity index (χ4v) is 2.57. The summed E-state index contributed by atoms with van der Waals surface area (Å²) in [6.45, 7) is 6.11. The maximum atomic E-state index is 9.69. The van der Waals surface area contributed by atoms with E-state index in [4.69, 9.17) is 0 Å². The first kappa shape index (κ1) is 11.0. The number of hydrogen-bond acceptors (Lipinski definition) is 3. The number of aryl methyl sites for hydroxylation is 1. The van der Waals surface area contributed by atoms with Gasteiger partial charge in [-0.05, 0) is 47.2 Å². The molecule has 1 fully saturated rings. The molecule has 1 saturated heterocycles. The van der Waals surface area contributed by atoms with Gasteiger partial charge in [0.05, 0.1) is 3.57 Å². The molecule has 0 aromatic heterocycles. The van der Waals surface area contributed by atoms with Crippen molar-refractivity contribution in [2.24, 2.45) is 0 Å². The van der Waals surface area contributed by atoms with Crippen LogP contribution in [0.2, 0.25) is 0 Å². The van der Waals surface area contributed by atoms with Gasteiger partial charge in [0, 0.05) is 31.9 Å². The van der Waals surface area contributed by atoms with E-state index in [2.05, 4.69) is 38.9 Å². The Morgan fingerprint density at radius 1 is 1.33 bits per heavy atom. The highest BCUT2D eigenvalue weighted by molar-refractivity contribution is 14.1. The van der Waals surface area contributed by atoms with Crippen molar-refractivity contribution in [3.8, 4) is 5.75 Å². The maximum Gasteiger partial charge on any atom is 0.131 e. The van der Waals surface area contributed by atoms with E-state index in [0.717, 1.165) is 35.3 Å². The van der Waals surface area contributed by atoms with Gasteiger partial charge in [-0.2, -0.15) is 0 Å². The maximum absolute atomic E-state index is 9.69. The Labute approximate surface area is 104 Å². The number of phenolic OH excluding ortho intramolecular Hbond substituents is 1. The summed E-state index contributed by atoms with van der Waals surface area (Å²) in [5.74, 6) is 0.412. The average molecular weight is 318 g/mol. The summed E-state index contributed by atoms with van der Waals surface area (Å²) in [4.78, 5) is 2.35. The van der Waals surface area contributed by atoms with Gasteiger partial charge >= 0.3 is 0 Å². The first-order valence-electron chi connectivity index (χ1n) is 5.13. The Hall–Kier alpha value is -0.490. The lowest BCUT2D eigenvalue weighted by atomic mass is 10.1. The van der Waals surface area contributed by atoms with Crippen molar-refractivity contribution in [1.82, 2.24) is 5.32 Å². The smallest absolute Gasteiger partial charge is 0.131 e. The summed E-state index contributed by atoms with van der Waals surface area (Å²) in [7, 11) is 0. The summed E-state index contributed by atoms with van der Waals surface area (Å²) in [5, 5.41) is 13.0. The van der Waals surface area contributed by atoms with Crippen LogP contribution >= 0.6 is 22.6 Å². The minimum atomic E-state index is 0.412. The predicted octanol–water partition coefficient (Wildman–Crippen LogP) is 1.71. The molecule has 0 saturated carbocycles. The van der Waals surface area contributed by atoms with Crippen molar-refractivity contribution >= 4 is 28.3 Å². The molecule has 4 heteroatoms. The molecule has 0 atom stereocenters. The van der Waals surface area contributed by atoms with E-state index in [1.54, 1.807) is 0 Å². The fraction of sp³-hybridized carbons (Fsp3) is 0.455. The van der Waals surface area contributed by atoms with Crippen LogP contribution < -0.4 is 10.2 Å². The topological polar surface area (TPSA) is 35.5 Å². The van der Waals surface area contributed by atoms with E-state index >= 15 is 0 Å². The average Bonchev–Trinajstić information content (AvgIpc) is 2.26. The van der Waals surface area contributed by atoms with Crippen molar-refractivity contribution in [2.45, 2.75) is 6.92 Å². The Morgan fingerprint density at radius 3 is 2.60 bits per heavy atom. The van der Waals surface area contributed by atoms with Crippen LogP contribution in [0.25, 0.3) is 0 Å². The molecular weight excluding hydrogens is 303 g/mol. The lowest BCUT2D eigenvalue weighted by Gasteiger charge is -2.30. The standard InChI is InChI=1S/C11H15IN2O/c1-8-6-9(7-10(12)11(8)15)14-4-2-13-3-5-14/h6-7,13,15H,2-5H2,1H3. The van der Waals surface area contributed by atoms with E-state index in [9.17, 15) is 5.11 Å². The number of aromatic hydroxyl groups is 1. The van der Waals surface area contributed by atoms with Crippen LogP contribution in [0.3, 0.4) is 0 Å². The largest absolute Gasteiger partial charge is 0.507 e. The van der Waals surface area contributed by atoms with Gasteiger partial charge in [0.15, 0.2) is 0 Å². The summed E-state index contributed by atoms with van der Waals surface area (Å²) >= 11 is 2.18. The molecule has 2 rings (SSSR count). The summed E-state index contributed by atoms with van der Waals surface area (Å²) in [6, 6.07) is 4.11. The Balaban J connectivity index is 2.27. The zero-order valence-corrected chi connectivity index (χ0v) is 10.9. The van der Waals surface area contributed by atoms with Gasteiger partial charge in [-0.3, -0.25) is 0 Å². The van der Waals surface area contributed by atoms with Crippen LogP contribution in [-0.4, -0.2) is 31.3 Å². The Morgan fingerprint density at radius 2 is 2.00 bits per heavy atom. The SMILES string of the molecule is Cc1cc(N2CCNCC2)cc(I)c1O. The zero-order valence-electron chi connectivity index (χ0n) is 8.76. The molecule has 1 heterocycles. The monoisotopic (exact) mass is 318 g/mol. The highest BCUT2D eigenvalue weighted by Gasteiger charge is 2.13. The third kappa shape index (κ3) is 2.36. The number of piperazine rings is 1. The number of nitrogens with zero attached hydrogens (tertiary/aromatic N) is 1. The van der Waals surface area contributed by atoms with E-state index in [1.807, 2.05) is 13.0 Å². The van der Waals surface area contributed by atoms with Crippen molar-refractivity contribution in [1.29, 1.82) is 0 Å². The summed E-state index contributed by atoms with van der Waals surface area (Å²) < 4.78 is 0.932. The second-order valence-corrected chi connectivity index (χ2v) is 4.99. The number of benzene rings is 1. The molecule has 1 aromatic rings. The van der Waals surface area contributed by atoms with Crippen molar-refractivity contribution in [3.63, 3.8) is 0 Å². The summed E-state index contributed by atoms with van der Waals surface area (Å²) in [5.41, 5.74) is 2.17. The normalized spacial score (nSPS) is 16.8. The molecule has 1 aromatic carbocycles. The third-order valence-electron chi connectivity index (χ3n) is 2.72. The third-order valence-corrected chi connectivity index (χ3v) is 3.54. The van der Waals surface area contributed by atoms with Gasteiger partial charge in [0.2, 0.25) is 0 Å². The molecule has 82 valence electrons. The number of phenols is 1. The van der Waals surface area contributed by atoms with Gasteiger partial charge in [-0.1, -0.05) is 0 Å². The quantitative estimate of drug-likeness (QED) is 0.774. The van der Waals surface area contributed by atoms with E-state index in [-0.39, 0.29) is 0 Å². The van der Waals surface area contributed by atoms with Gasteiger partial charge in [0.1, 0.15) is 5.75 Å². The molecule has 0 bridgehead atoms. The summed E-state index contributed by atoms with van der Waals surface area (Å²) in [6.07, 6.45) is 0. The number of anilines is 1. The van der Waals surface area contributed by atoms with Crippen LogP contribution in [0.4, 0.5) is 5.69 Å². The Kier molecular flexibility index (Phi) is 3.35. The first-order chi connectivity index (χ1) is 7.18.